The van der Waals surface area contributed by atoms with E-state index in [-0.39, 0.29) is 41.1 Å². The molecule has 1 fully saturated rings. The number of β-lactam (4-membered cyclic amide) rings is 1. The SMILES string of the molecule is CCO/N=C(\C(=O)NC1C(=O)N2C(C(=O)[O-])=C(C[n+]3cccc4c(OCF)csc43)CS[C@H]12)c1csc(N)n1. The van der Waals surface area contributed by atoms with E-state index in [0.29, 0.717) is 16.7 Å². The van der Waals surface area contributed by atoms with Gasteiger partial charge in [-0.15, -0.1) is 23.1 Å². The number of nitrogen functional groups attached to an aromatic ring is 1. The van der Waals surface area contributed by atoms with Crippen LogP contribution in [0.25, 0.3) is 10.2 Å². The Labute approximate surface area is 232 Å². The van der Waals surface area contributed by atoms with Gasteiger partial charge in [0.2, 0.25) is 6.86 Å². The monoisotopic (exact) mass is 592 g/mol. The summed E-state index contributed by atoms with van der Waals surface area (Å²) in [5.41, 5.74) is 5.96. The molecule has 0 saturated carbocycles. The topological polar surface area (TPSA) is 163 Å². The second-order valence-electron chi connectivity index (χ2n) is 8.24. The number of aliphatic carboxylic acids is 1. The number of pyridine rings is 1. The fourth-order valence-electron chi connectivity index (χ4n) is 4.26. The van der Waals surface area contributed by atoms with E-state index in [1.54, 1.807) is 36.0 Å². The fourth-order valence-corrected chi connectivity index (χ4v) is 7.11. The number of carboxylic acid groups (broad SMARTS) is 1. The molecule has 16 heteroatoms. The minimum absolute atomic E-state index is 0.148. The van der Waals surface area contributed by atoms with Crippen LogP contribution in [0.5, 0.6) is 5.75 Å². The molecule has 2 aliphatic rings. The van der Waals surface area contributed by atoms with Crippen molar-refractivity contribution in [1.82, 2.24) is 15.2 Å². The number of anilines is 1. The lowest BCUT2D eigenvalue weighted by Gasteiger charge is -2.50. The number of ether oxygens (including phenoxy) is 1. The van der Waals surface area contributed by atoms with E-state index in [9.17, 15) is 23.9 Å². The Balaban J connectivity index is 1.37. The maximum atomic E-state index is 13.1. The lowest BCUT2D eigenvalue weighted by Crippen LogP contribution is -2.71. The smallest absolute Gasteiger partial charge is 0.276 e. The molecule has 1 unspecified atom stereocenters. The number of halogens is 1. The molecule has 2 atom stereocenters. The summed E-state index contributed by atoms with van der Waals surface area (Å²) in [6, 6.07) is 2.54. The number of carbonyl (C=O) groups excluding carboxylic acids is 3. The first kappa shape index (κ1) is 26.8. The highest BCUT2D eigenvalue weighted by Crippen LogP contribution is 2.40. The van der Waals surface area contributed by atoms with Crippen LogP contribution in [0.2, 0.25) is 0 Å². The fraction of sp³-hybridized carbons (Fsp3) is 0.304. The number of hydrogen-bond acceptors (Lipinski definition) is 12. The van der Waals surface area contributed by atoms with Gasteiger partial charge >= 0.3 is 0 Å². The molecule has 0 aliphatic carbocycles. The number of alkyl halides is 1. The largest absolute Gasteiger partial charge is 0.543 e. The number of fused-ring (bicyclic) bond motifs is 2. The molecule has 3 aromatic heterocycles. The van der Waals surface area contributed by atoms with Crippen LogP contribution in [0.3, 0.4) is 0 Å². The van der Waals surface area contributed by atoms with E-state index in [2.05, 4.69) is 15.5 Å². The Kier molecular flexibility index (Phi) is 7.67. The summed E-state index contributed by atoms with van der Waals surface area (Å²) in [7, 11) is 0. The Morgan fingerprint density at radius 3 is 2.90 bits per heavy atom. The first-order valence-electron chi connectivity index (χ1n) is 11.5. The molecule has 5 heterocycles. The van der Waals surface area contributed by atoms with Crippen molar-refractivity contribution in [2.24, 2.45) is 5.16 Å². The van der Waals surface area contributed by atoms with Gasteiger partial charge in [-0.2, -0.15) is 4.57 Å². The molecule has 12 nitrogen and oxygen atoms in total. The summed E-state index contributed by atoms with van der Waals surface area (Å²) >= 11 is 3.76. The van der Waals surface area contributed by atoms with Crippen LogP contribution in [-0.2, 0) is 25.8 Å². The predicted octanol–water partition coefficient (Wildman–Crippen LogP) is 0.378. The third-order valence-corrected chi connectivity index (χ3v) is 8.95. The molecular weight excluding hydrogens is 571 g/mol. The van der Waals surface area contributed by atoms with Crippen LogP contribution in [0.4, 0.5) is 9.52 Å². The number of carboxylic acids is 1. The lowest BCUT2D eigenvalue weighted by atomic mass is 10.0. The number of thiazole rings is 1. The average molecular weight is 593 g/mol. The summed E-state index contributed by atoms with van der Waals surface area (Å²) < 4.78 is 19.6. The number of amides is 2. The van der Waals surface area contributed by atoms with Crippen LogP contribution in [0, 0.1) is 0 Å². The maximum Gasteiger partial charge on any atom is 0.276 e. The molecule has 0 radical (unpaired) electrons. The van der Waals surface area contributed by atoms with Crippen LogP contribution in [-0.4, -0.2) is 64.0 Å². The molecule has 0 aromatic carbocycles. The zero-order chi connectivity index (χ0) is 27.7. The molecule has 204 valence electrons. The van der Waals surface area contributed by atoms with Crippen LogP contribution < -0.4 is 25.5 Å². The highest BCUT2D eigenvalue weighted by molar-refractivity contribution is 8.00. The number of thiophene rings is 1. The Morgan fingerprint density at radius 1 is 1.38 bits per heavy atom. The van der Waals surface area contributed by atoms with Crippen molar-refractivity contribution in [2.45, 2.75) is 24.9 Å². The van der Waals surface area contributed by atoms with Gasteiger partial charge in [0.25, 0.3) is 16.6 Å². The van der Waals surface area contributed by atoms with E-state index in [4.69, 9.17) is 15.3 Å². The number of thioether (sulfide) groups is 1. The molecule has 3 N–H and O–H groups in total. The molecule has 5 rings (SSSR count). The predicted molar refractivity (Wildman–Crippen MR) is 140 cm³/mol. The average Bonchev–Trinajstić information content (AvgIpc) is 3.54. The third-order valence-electron chi connectivity index (χ3n) is 5.93. The van der Waals surface area contributed by atoms with Crippen LogP contribution in [0.1, 0.15) is 12.6 Å². The van der Waals surface area contributed by atoms with Crippen molar-refractivity contribution < 1.29 is 38.0 Å². The van der Waals surface area contributed by atoms with Gasteiger partial charge in [0.05, 0.1) is 11.7 Å². The highest BCUT2D eigenvalue weighted by Gasteiger charge is 2.53. The van der Waals surface area contributed by atoms with Crippen LogP contribution >= 0.6 is 34.4 Å². The third kappa shape index (κ3) is 5.02. The Hall–Kier alpha value is -3.76. The number of nitrogens with one attached hydrogen (secondary N) is 1. The summed E-state index contributed by atoms with van der Waals surface area (Å²) in [5, 5.41) is 22.1. The van der Waals surface area contributed by atoms with E-state index < -0.39 is 36.1 Å². The summed E-state index contributed by atoms with van der Waals surface area (Å²) in [6.07, 6.45) is 1.76. The minimum Gasteiger partial charge on any atom is -0.543 e. The number of hydrogen-bond donors (Lipinski definition) is 2. The van der Waals surface area contributed by atoms with Crippen molar-refractivity contribution in [3.05, 3.63) is 46.1 Å². The van der Waals surface area contributed by atoms with Crippen molar-refractivity contribution >= 4 is 73.3 Å². The highest BCUT2D eigenvalue weighted by atomic mass is 32.2. The van der Waals surface area contributed by atoms with Crippen molar-refractivity contribution in [2.75, 3.05) is 25.0 Å². The van der Waals surface area contributed by atoms with E-state index in [1.165, 1.54) is 23.1 Å². The van der Waals surface area contributed by atoms with Crippen molar-refractivity contribution in [3.63, 3.8) is 0 Å². The number of oxime groups is 1. The quantitative estimate of drug-likeness (QED) is 0.147. The van der Waals surface area contributed by atoms with E-state index >= 15 is 0 Å². The van der Waals surface area contributed by atoms with Crippen molar-refractivity contribution in [1.29, 1.82) is 0 Å². The number of aromatic nitrogens is 2. The summed E-state index contributed by atoms with van der Waals surface area (Å²) in [4.78, 5) is 49.3. The van der Waals surface area contributed by atoms with E-state index in [1.807, 2.05) is 4.57 Å². The van der Waals surface area contributed by atoms with Gasteiger partial charge in [-0.05, 0) is 13.0 Å². The second kappa shape index (κ2) is 11.2. The van der Waals surface area contributed by atoms with Gasteiger partial charge in [0, 0.05) is 28.2 Å². The maximum absolute atomic E-state index is 13.1. The molecule has 1 saturated heterocycles. The second-order valence-corrected chi connectivity index (χ2v) is 11.1. The van der Waals surface area contributed by atoms with Crippen molar-refractivity contribution in [3.8, 4) is 5.75 Å². The zero-order valence-corrected chi connectivity index (χ0v) is 22.7. The van der Waals surface area contributed by atoms with Gasteiger partial charge in [-0.25, -0.2) is 9.37 Å². The summed E-state index contributed by atoms with van der Waals surface area (Å²) in [5.74, 6) is -2.13. The first-order chi connectivity index (χ1) is 18.8. The summed E-state index contributed by atoms with van der Waals surface area (Å²) in [6.45, 7) is 1.09. The number of carbonyl (C=O) groups is 3. The minimum atomic E-state index is -1.50. The molecule has 39 heavy (non-hydrogen) atoms. The van der Waals surface area contributed by atoms with Gasteiger partial charge < -0.3 is 30.5 Å². The standard InChI is InChI=1S/C23H21FN6O6S3/c1-2-36-28-15(13-8-39-23(25)26-13)18(31)27-16-19(32)30-17(22(33)34)11(7-37-21(16)30)6-29-5-3-4-12-14(35-10-24)9-38-20(12)29/h3-5,8-9,16,21H,2,6-7,10H2,1H3,(H3-,25,26,27,31,33,34)/b28-15-/t16?,21-/m1/s1. The van der Waals surface area contributed by atoms with Gasteiger partial charge in [-0.1, -0.05) is 16.5 Å². The number of nitrogens with zero attached hydrogens (tertiary/aromatic N) is 4. The number of rotatable bonds is 10. The molecule has 0 spiro atoms. The zero-order valence-electron chi connectivity index (χ0n) is 20.3. The molecule has 2 amide bonds. The van der Waals surface area contributed by atoms with Gasteiger partial charge in [0.15, 0.2) is 23.6 Å². The molecular formula is C23H21FN6O6S3. The Morgan fingerprint density at radius 2 is 2.21 bits per heavy atom. The van der Waals surface area contributed by atoms with Gasteiger partial charge in [0.1, 0.15) is 34.9 Å². The Bertz CT molecular complexity index is 1520. The van der Waals surface area contributed by atoms with Crippen LogP contribution in [0.15, 0.2) is 45.5 Å². The number of nitrogens with two attached hydrogens (primary N) is 1. The van der Waals surface area contributed by atoms with E-state index in [0.717, 1.165) is 21.1 Å². The molecule has 0 bridgehead atoms. The molecule has 2 aliphatic heterocycles. The molecule has 3 aromatic rings. The normalized spacial score (nSPS) is 19.1. The first-order valence-corrected chi connectivity index (χ1v) is 14.3. The lowest BCUT2D eigenvalue weighted by molar-refractivity contribution is -0.661. The van der Waals surface area contributed by atoms with Gasteiger partial charge in [-0.3, -0.25) is 14.5 Å².